The molecule has 4 heteroatoms. The molecule has 0 aliphatic heterocycles. The van der Waals surface area contributed by atoms with Gasteiger partial charge in [0.2, 0.25) is 0 Å². The molecule has 0 bridgehead atoms. The number of hydrogen-bond acceptors (Lipinski definition) is 3. The quantitative estimate of drug-likeness (QED) is 0.497. The van der Waals surface area contributed by atoms with E-state index in [9.17, 15) is 0 Å². The minimum atomic E-state index is -1.89. The molecule has 0 aliphatic rings. The minimum Gasteiger partial charge on any atom is -0.398 e. The largest absolute Gasteiger partial charge is 0.398 e. The fourth-order valence-corrected chi connectivity index (χ4v) is 1.49. The molecular weight excluding hydrogens is 146 g/mol. The Balaban J connectivity index is 3.64. The van der Waals surface area contributed by atoms with Gasteiger partial charge in [0.1, 0.15) is 0 Å². The van der Waals surface area contributed by atoms with Crippen LogP contribution in [-0.4, -0.2) is 21.9 Å². The van der Waals surface area contributed by atoms with E-state index >= 15 is 0 Å². The van der Waals surface area contributed by atoms with Gasteiger partial charge in [-0.1, -0.05) is 6.92 Å². The first-order valence-corrected chi connectivity index (χ1v) is 6.32. The normalized spacial score (nSPS) is 15.3. The molecule has 0 saturated heterocycles. The van der Waals surface area contributed by atoms with Crippen molar-refractivity contribution in [1.29, 1.82) is 0 Å². The second kappa shape index (κ2) is 4.08. The molecule has 0 aliphatic carbocycles. The molecule has 10 heavy (non-hydrogen) atoms. The average molecular weight is 163 g/mol. The van der Waals surface area contributed by atoms with Crippen molar-refractivity contribution >= 4 is 8.56 Å². The Morgan fingerprint density at radius 2 is 2.00 bits per heavy atom. The predicted octanol–water partition coefficient (Wildman–Crippen LogP) is 1.05. The van der Waals surface area contributed by atoms with Crippen LogP contribution in [0.5, 0.6) is 0 Å². The Bertz CT molecular complexity index is 97.7. The summed E-state index contributed by atoms with van der Waals surface area (Å²) in [5, 5.41) is 0. The van der Waals surface area contributed by atoms with Crippen molar-refractivity contribution in [3.63, 3.8) is 0 Å². The lowest BCUT2D eigenvalue weighted by Crippen LogP contribution is -2.41. The van der Waals surface area contributed by atoms with Crippen molar-refractivity contribution in [3.8, 4) is 0 Å². The summed E-state index contributed by atoms with van der Waals surface area (Å²) in [5.74, 6) is 0. The SMILES string of the molecule is CCC(N)O[Si](C)(C)OC. The highest BCUT2D eigenvalue weighted by molar-refractivity contribution is 6.64. The lowest BCUT2D eigenvalue weighted by atomic mass is 10.5. The van der Waals surface area contributed by atoms with E-state index in [1.807, 2.05) is 20.0 Å². The van der Waals surface area contributed by atoms with E-state index in [0.717, 1.165) is 6.42 Å². The van der Waals surface area contributed by atoms with Crippen molar-refractivity contribution < 1.29 is 8.85 Å². The molecule has 0 aromatic carbocycles. The molecule has 0 radical (unpaired) electrons. The van der Waals surface area contributed by atoms with Crippen LogP contribution in [0.4, 0.5) is 0 Å². The number of rotatable bonds is 4. The van der Waals surface area contributed by atoms with Crippen molar-refractivity contribution in [3.05, 3.63) is 0 Å². The van der Waals surface area contributed by atoms with Crippen LogP contribution in [0.1, 0.15) is 13.3 Å². The lowest BCUT2D eigenvalue weighted by Gasteiger charge is -2.23. The number of nitrogens with two attached hydrogens (primary N) is 1. The summed E-state index contributed by atoms with van der Waals surface area (Å²) in [6.07, 6.45) is 0.668. The number of hydrogen-bond donors (Lipinski definition) is 1. The maximum absolute atomic E-state index is 5.57. The summed E-state index contributed by atoms with van der Waals surface area (Å²) < 4.78 is 10.6. The topological polar surface area (TPSA) is 44.5 Å². The first-order valence-electron chi connectivity index (χ1n) is 3.50. The third kappa shape index (κ3) is 4.00. The average Bonchev–Trinajstić information content (AvgIpc) is 1.87. The van der Waals surface area contributed by atoms with Crippen LogP contribution in [0.25, 0.3) is 0 Å². The molecule has 0 amide bonds. The summed E-state index contributed by atoms with van der Waals surface area (Å²) in [5.41, 5.74) is 5.57. The van der Waals surface area contributed by atoms with Crippen LogP contribution in [-0.2, 0) is 8.85 Å². The van der Waals surface area contributed by atoms with Crippen LogP contribution in [0, 0.1) is 0 Å². The zero-order valence-electron chi connectivity index (χ0n) is 7.18. The lowest BCUT2D eigenvalue weighted by molar-refractivity contribution is 0.138. The monoisotopic (exact) mass is 163 g/mol. The van der Waals surface area contributed by atoms with Crippen molar-refractivity contribution in [2.45, 2.75) is 32.7 Å². The third-order valence-corrected chi connectivity index (χ3v) is 3.18. The second-order valence-corrected chi connectivity index (χ2v) is 6.11. The molecule has 0 spiro atoms. The Labute approximate surface area is 63.8 Å². The smallest absolute Gasteiger partial charge is 0.332 e. The van der Waals surface area contributed by atoms with E-state index in [0.29, 0.717) is 0 Å². The van der Waals surface area contributed by atoms with E-state index in [4.69, 9.17) is 14.6 Å². The first-order chi connectivity index (χ1) is 4.52. The summed E-state index contributed by atoms with van der Waals surface area (Å²) in [7, 11) is -0.225. The van der Waals surface area contributed by atoms with Gasteiger partial charge in [-0.3, -0.25) is 0 Å². The molecule has 1 atom stereocenters. The van der Waals surface area contributed by atoms with Gasteiger partial charge in [-0.15, -0.1) is 0 Å². The van der Waals surface area contributed by atoms with Gasteiger partial charge in [-0.05, 0) is 19.5 Å². The van der Waals surface area contributed by atoms with E-state index in [1.54, 1.807) is 7.11 Å². The Kier molecular flexibility index (Phi) is 4.11. The van der Waals surface area contributed by atoms with E-state index in [-0.39, 0.29) is 6.23 Å². The minimum absolute atomic E-state index is 0.165. The van der Waals surface area contributed by atoms with Crippen molar-refractivity contribution in [2.75, 3.05) is 7.11 Å². The molecule has 1 unspecified atom stereocenters. The molecule has 0 heterocycles. The van der Waals surface area contributed by atoms with E-state index in [2.05, 4.69) is 0 Å². The molecule has 3 nitrogen and oxygen atoms in total. The maximum Gasteiger partial charge on any atom is 0.332 e. The van der Waals surface area contributed by atoms with Gasteiger partial charge < -0.3 is 14.6 Å². The Morgan fingerprint density at radius 3 is 2.30 bits per heavy atom. The van der Waals surface area contributed by atoms with Crippen molar-refractivity contribution in [1.82, 2.24) is 0 Å². The van der Waals surface area contributed by atoms with Crippen LogP contribution in [0.2, 0.25) is 13.1 Å². The van der Waals surface area contributed by atoms with Gasteiger partial charge in [0, 0.05) is 7.11 Å². The van der Waals surface area contributed by atoms with Crippen LogP contribution < -0.4 is 5.73 Å². The van der Waals surface area contributed by atoms with Crippen LogP contribution in [0.15, 0.2) is 0 Å². The van der Waals surface area contributed by atoms with Crippen LogP contribution >= 0.6 is 0 Å². The van der Waals surface area contributed by atoms with Crippen molar-refractivity contribution in [2.24, 2.45) is 5.73 Å². The van der Waals surface area contributed by atoms with Crippen LogP contribution in [0.3, 0.4) is 0 Å². The van der Waals surface area contributed by atoms with Gasteiger partial charge >= 0.3 is 8.56 Å². The summed E-state index contributed by atoms with van der Waals surface area (Å²) in [6, 6.07) is 0. The predicted molar refractivity (Wildman–Crippen MR) is 43.8 cm³/mol. The van der Waals surface area contributed by atoms with Gasteiger partial charge in [-0.2, -0.15) is 0 Å². The van der Waals surface area contributed by atoms with E-state index in [1.165, 1.54) is 0 Å². The second-order valence-electron chi connectivity index (χ2n) is 2.67. The molecular formula is C6H17NO2Si. The summed E-state index contributed by atoms with van der Waals surface area (Å²) in [4.78, 5) is 0. The summed E-state index contributed by atoms with van der Waals surface area (Å²) >= 11 is 0. The fraction of sp³-hybridized carbons (Fsp3) is 1.00. The maximum atomic E-state index is 5.57. The van der Waals surface area contributed by atoms with Gasteiger partial charge in [0.25, 0.3) is 0 Å². The van der Waals surface area contributed by atoms with Gasteiger partial charge in [0.15, 0.2) is 0 Å². The van der Waals surface area contributed by atoms with Gasteiger partial charge in [0.05, 0.1) is 6.23 Å². The Morgan fingerprint density at radius 1 is 1.50 bits per heavy atom. The standard InChI is InChI=1S/C6H17NO2Si/c1-5-6(7)9-10(3,4)8-2/h6H,5,7H2,1-4H3. The highest BCUT2D eigenvalue weighted by Crippen LogP contribution is 2.06. The zero-order chi connectivity index (χ0) is 8.20. The fourth-order valence-electron chi connectivity index (χ4n) is 0.496. The first kappa shape index (κ1) is 10.1. The molecule has 62 valence electrons. The zero-order valence-corrected chi connectivity index (χ0v) is 8.18. The highest BCUT2D eigenvalue weighted by Gasteiger charge is 2.24. The highest BCUT2D eigenvalue weighted by atomic mass is 28.4. The van der Waals surface area contributed by atoms with E-state index < -0.39 is 8.56 Å². The van der Waals surface area contributed by atoms with Gasteiger partial charge in [-0.25, -0.2) is 0 Å². The Hall–Kier alpha value is 0.0969. The molecule has 0 aromatic rings. The molecule has 0 aromatic heterocycles. The molecule has 2 N–H and O–H groups in total. The molecule has 0 rings (SSSR count). The third-order valence-electron chi connectivity index (χ3n) is 1.33. The molecule has 0 saturated carbocycles. The molecule has 0 fully saturated rings. The summed E-state index contributed by atoms with van der Waals surface area (Å²) in [6.45, 7) is 5.94.